The van der Waals surface area contributed by atoms with Crippen molar-refractivity contribution in [3.05, 3.63) is 71.3 Å². The molecule has 2 aromatic carbocycles. The summed E-state index contributed by atoms with van der Waals surface area (Å²) in [7, 11) is 0. The minimum absolute atomic E-state index is 0. The van der Waals surface area contributed by atoms with Crippen LogP contribution in [0.3, 0.4) is 0 Å². The number of benzene rings is 2. The Balaban J connectivity index is 0.00000288. The summed E-state index contributed by atoms with van der Waals surface area (Å²) >= 11 is 0. The van der Waals surface area contributed by atoms with Gasteiger partial charge in [0.05, 0.1) is 0 Å². The van der Waals surface area contributed by atoms with Crippen molar-refractivity contribution < 1.29 is 26.3 Å². The summed E-state index contributed by atoms with van der Waals surface area (Å²) in [6, 6.07) is 8.99. The van der Waals surface area contributed by atoms with Crippen molar-refractivity contribution in [2.75, 3.05) is 0 Å². The van der Waals surface area contributed by atoms with Crippen LogP contribution in [0.2, 0.25) is 0 Å². The molecule has 0 aliphatic carbocycles. The maximum atomic E-state index is 14.3. The molecule has 0 radical (unpaired) electrons. The third kappa shape index (κ3) is 3.10. The second-order valence-electron chi connectivity index (χ2n) is 4.95. The van der Waals surface area contributed by atoms with E-state index in [1.54, 1.807) is 0 Å². The largest absolute Gasteiger partial charge is 0.380 e. The highest BCUT2D eigenvalue weighted by molar-refractivity contribution is 5.85. The predicted molar refractivity (Wildman–Crippen MR) is 80.8 cm³/mol. The molecule has 0 aliphatic rings. The maximum Gasteiger partial charge on any atom is 0.380 e. The average Bonchev–Trinajstić information content (AvgIpc) is 2.55. The van der Waals surface area contributed by atoms with Gasteiger partial charge >= 0.3 is 17.8 Å². The number of halogens is 7. The second-order valence-corrected chi connectivity index (χ2v) is 4.95. The molecule has 2 aromatic rings. The van der Waals surface area contributed by atoms with Crippen molar-refractivity contribution in [1.82, 2.24) is 0 Å². The van der Waals surface area contributed by atoms with E-state index in [-0.39, 0.29) is 18.0 Å². The van der Waals surface area contributed by atoms with Crippen LogP contribution in [0.1, 0.15) is 16.7 Å². The van der Waals surface area contributed by atoms with E-state index in [0.717, 1.165) is 24.3 Å². The van der Waals surface area contributed by atoms with E-state index >= 15 is 0 Å². The van der Waals surface area contributed by atoms with Crippen LogP contribution in [0.5, 0.6) is 0 Å². The molecule has 1 nitrogen and oxygen atoms in total. The molecule has 0 saturated carbocycles. The van der Waals surface area contributed by atoms with E-state index in [0.29, 0.717) is 18.2 Å². The van der Waals surface area contributed by atoms with Crippen LogP contribution in [-0.4, -0.2) is 5.92 Å². The Hall–Kier alpha value is -1.73. The molecule has 0 heterocycles. The molecular formula is C16H14ClF6N. The van der Waals surface area contributed by atoms with E-state index in [1.807, 2.05) is 0 Å². The van der Waals surface area contributed by atoms with Crippen molar-refractivity contribution in [2.45, 2.75) is 24.3 Å². The molecular weight excluding hydrogens is 356 g/mol. The molecule has 0 amide bonds. The zero-order chi connectivity index (χ0) is 17.3. The van der Waals surface area contributed by atoms with Crippen LogP contribution in [-0.2, 0) is 18.4 Å². The van der Waals surface area contributed by atoms with Crippen LogP contribution in [0.15, 0.2) is 54.6 Å². The minimum atomic E-state index is -5.63. The van der Waals surface area contributed by atoms with Gasteiger partial charge in [-0.25, -0.2) is 0 Å². The molecule has 132 valence electrons. The highest BCUT2D eigenvalue weighted by Crippen LogP contribution is 2.55. The minimum Gasteiger partial charge on any atom is -0.326 e. The Morgan fingerprint density at radius 1 is 0.708 bits per heavy atom. The number of hydrogen-bond acceptors (Lipinski definition) is 1. The molecule has 0 aromatic heterocycles. The summed E-state index contributed by atoms with van der Waals surface area (Å²) in [6.45, 7) is -0.473. The monoisotopic (exact) mass is 369 g/mol. The predicted octanol–water partition coefficient (Wildman–Crippen LogP) is 5.09. The second kappa shape index (κ2) is 7.03. The summed E-state index contributed by atoms with van der Waals surface area (Å²) in [5.41, 5.74) is 2.54. The van der Waals surface area contributed by atoms with Gasteiger partial charge in [-0.15, -0.1) is 12.4 Å². The standard InChI is InChI=1S/C16H13F6N.ClH/c17-14(18,12-7-2-1-3-8-12)16(21,22)15(19,20)13-9-5-4-6-11(13)10-23;/h1-9H,10,23H2;1H. The summed E-state index contributed by atoms with van der Waals surface area (Å²) in [4.78, 5) is 0. The van der Waals surface area contributed by atoms with Gasteiger partial charge in [-0.05, 0) is 5.56 Å². The van der Waals surface area contributed by atoms with Crippen LogP contribution in [0.25, 0.3) is 0 Å². The molecule has 8 heteroatoms. The first kappa shape index (κ1) is 20.3. The quantitative estimate of drug-likeness (QED) is 0.730. The first-order chi connectivity index (χ1) is 10.7. The van der Waals surface area contributed by atoms with Crippen molar-refractivity contribution in [1.29, 1.82) is 0 Å². The molecule has 2 rings (SSSR count). The summed E-state index contributed by atoms with van der Waals surface area (Å²) in [5, 5.41) is 0. The van der Waals surface area contributed by atoms with Crippen molar-refractivity contribution >= 4 is 12.4 Å². The lowest BCUT2D eigenvalue weighted by atomic mass is 9.90. The van der Waals surface area contributed by atoms with Crippen LogP contribution in [0, 0.1) is 0 Å². The number of hydrogen-bond donors (Lipinski definition) is 1. The zero-order valence-electron chi connectivity index (χ0n) is 12.2. The van der Waals surface area contributed by atoms with Gasteiger partial charge in [0, 0.05) is 17.7 Å². The van der Waals surface area contributed by atoms with Crippen LogP contribution >= 0.6 is 12.4 Å². The van der Waals surface area contributed by atoms with Gasteiger partial charge in [-0.3, -0.25) is 0 Å². The topological polar surface area (TPSA) is 26.0 Å². The van der Waals surface area contributed by atoms with E-state index in [2.05, 4.69) is 0 Å². The maximum absolute atomic E-state index is 14.3. The Morgan fingerprint density at radius 3 is 1.75 bits per heavy atom. The third-order valence-electron chi connectivity index (χ3n) is 3.50. The number of alkyl halides is 6. The SMILES string of the molecule is Cl.NCc1ccccc1C(F)(F)C(F)(F)C(F)(F)c1ccccc1. The van der Waals surface area contributed by atoms with Crippen LogP contribution < -0.4 is 5.73 Å². The summed E-state index contributed by atoms with van der Waals surface area (Å²) in [5.74, 6) is -15.8. The molecule has 0 spiro atoms. The van der Waals surface area contributed by atoms with Crippen LogP contribution in [0.4, 0.5) is 26.3 Å². The fraction of sp³-hybridized carbons (Fsp3) is 0.250. The van der Waals surface area contributed by atoms with Gasteiger partial charge in [-0.2, -0.15) is 26.3 Å². The Bertz CT molecular complexity index is 675. The lowest BCUT2D eigenvalue weighted by molar-refractivity contribution is -0.321. The molecule has 0 atom stereocenters. The highest BCUT2D eigenvalue weighted by Gasteiger charge is 2.72. The lowest BCUT2D eigenvalue weighted by Gasteiger charge is -2.34. The van der Waals surface area contributed by atoms with Gasteiger partial charge in [0.15, 0.2) is 0 Å². The van der Waals surface area contributed by atoms with Gasteiger partial charge < -0.3 is 5.73 Å². The number of rotatable bonds is 5. The summed E-state index contributed by atoms with van der Waals surface area (Å²) in [6.07, 6.45) is 0. The molecule has 0 unspecified atom stereocenters. The fourth-order valence-corrected chi connectivity index (χ4v) is 2.20. The Labute approximate surface area is 140 Å². The average molecular weight is 370 g/mol. The first-order valence-electron chi connectivity index (χ1n) is 6.63. The first-order valence-corrected chi connectivity index (χ1v) is 6.63. The van der Waals surface area contributed by atoms with Gasteiger partial charge in [-0.1, -0.05) is 54.6 Å². The fourth-order valence-electron chi connectivity index (χ4n) is 2.20. The lowest BCUT2D eigenvalue weighted by Crippen LogP contribution is -2.51. The van der Waals surface area contributed by atoms with Gasteiger partial charge in [0.2, 0.25) is 0 Å². The molecule has 0 bridgehead atoms. The van der Waals surface area contributed by atoms with Crippen molar-refractivity contribution in [3.63, 3.8) is 0 Å². The zero-order valence-corrected chi connectivity index (χ0v) is 13.0. The normalized spacial score (nSPS) is 12.6. The smallest absolute Gasteiger partial charge is 0.326 e. The van der Waals surface area contributed by atoms with Gasteiger partial charge in [0.25, 0.3) is 0 Å². The van der Waals surface area contributed by atoms with Crippen molar-refractivity contribution in [2.24, 2.45) is 5.73 Å². The third-order valence-corrected chi connectivity index (χ3v) is 3.50. The van der Waals surface area contributed by atoms with E-state index in [1.165, 1.54) is 12.1 Å². The molecule has 0 saturated heterocycles. The highest BCUT2D eigenvalue weighted by atomic mass is 35.5. The summed E-state index contributed by atoms with van der Waals surface area (Å²) < 4.78 is 85.0. The molecule has 0 fully saturated rings. The van der Waals surface area contributed by atoms with E-state index in [4.69, 9.17) is 5.73 Å². The molecule has 24 heavy (non-hydrogen) atoms. The molecule has 2 N–H and O–H groups in total. The Morgan fingerprint density at radius 2 is 1.21 bits per heavy atom. The number of nitrogens with two attached hydrogens (primary N) is 1. The van der Waals surface area contributed by atoms with Crippen molar-refractivity contribution in [3.8, 4) is 0 Å². The molecule has 0 aliphatic heterocycles. The Kier molecular flexibility index (Phi) is 5.95. The van der Waals surface area contributed by atoms with Gasteiger partial charge in [0.1, 0.15) is 0 Å². The van der Waals surface area contributed by atoms with E-state index in [9.17, 15) is 26.3 Å². The van der Waals surface area contributed by atoms with E-state index < -0.39 is 35.4 Å².